The molecule has 0 bridgehead atoms. The number of primary sulfonamides is 1. The summed E-state index contributed by atoms with van der Waals surface area (Å²) >= 11 is 11.7. The zero-order chi connectivity index (χ0) is 15.6. The molecular formula is C13H19Cl2NO3S. The maximum atomic E-state index is 11.3. The molecule has 20 heavy (non-hydrogen) atoms. The van der Waals surface area contributed by atoms with E-state index in [1.54, 1.807) is 18.2 Å². The quantitative estimate of drug-likeness (QED) is 0.894. The summed E-state index contributed by atoms with van der Waals surface area (Å²) in [5.41, 5.74) is -0.247. The Morgan fingerprint density at radius 2 is 1.85 bits per heavy atom. The lowest BCUT2D eigenvalue weighted by molar-refractivity contribution is 0.163. The Bertz CT molecular complexity index is 567. The Kier molecular flexibility index (Phi) is 5.72. The molecule has 7 heteroatoms. The standard InChI is InChI=1S/C13H19Cl2NO3S/c1-13(2,3)9(8-20(16,17)18)7-19-10-4-5-11(14)12(15)6-10/h4-6,9H,7-8H2,1-3H3,(H2,16,17,18). The Morgan fingerprint density at radius 3 is 2.30 bits per heavy atom. The molecule has 2 N–H and O–H groups in total. The molecular weight excluding hydrogens is 321 g/mol. The molecule has 0 aliphatic rings. The van der Waals surface area contributed by atoms with Crippen molar-refractivity contribution in [1.29, 1.82) is 0 Å². The first-order chi connectivity index (χ1) is 8.99. The van der Waals surface area contributed by atoms with Crippen molar-refractivity contribution in [2.75, 3.05) is 12.4 Å². The van der Waals surface area contributed by atoms with Crippen LogP contribution in [-0.4, -0.2) is 20.8 Å². The first kappa shape index (κ1) is 17.6. The van der Waals surface area contributed by atoms with Gasteiger partial charge in [-0.1, -0.05) is 44.0 Å². The van der Waals surface area contributed by atoms with E-state index in [2.05, 4.69) is 0 Å². The molecule has 0 heterocycles. The van der Waals surface area contributed by atoms with Crippen LogP contribution in [0.4, 0.5) is 0 Å². The minimum Gasteiger partial charge on any atom is -0.493 e. The first-order valence-electron chi connectivity index (χ1n) is 6.07. The molecule has 0 saturated heterocycles. The van der Waals surface area contributed by atoms with Gasteiger partial charge >= 0.3 is 0 Å². The molecule has 0 amide bonds. The van der Waals surface area contributed by atoms with Crippen LogP contribution in [0.3, 0.4) is 0 Å². The molecule has 0 aromatic heterocycles. The van der Waals surface area contributed by atoms with E-state index in [1.165, 1.54) is 0 Å². The van der Waals surface area contributed by atoms with Gasteiger partial charge in [0.25, 0.3) is 0 Å². The highest BCUT2D eigenvalue weighted by Gasteiger charge is 2.29. The molecule has 114 valence electrons. The average molecular weight is 340 g/mol. The van der Waals surface area contributed by atoms with Crippen LogP contribution in [0.15, 0.2) is 18.2 Å². The van der Waals surface area contributed by atoms with E-state index >= 15 is 0 Å². The maximum absolute atomic E-state index is 11.3. The molecule has 0 spiro atoms. The number of hydrogen-bond acceptors (Lipinski definition) is 3. The number of ether oxygens (including phenoxy) is 1. The lowest BCUT2D eigenvalue weighted by atomic mass is 9.82. The van der Waals surface area contributed by atoms with E-state index < -0.39 is 10.0 Å². The molecule has 4 nitrogen and oxygen atoms in total. The van der Waals surface area contributed by atoms with E-state index in [4.69, 9.17) is 33.1 Å². The SMILES string of the molecule is CC(C)(C)C(COc1ccc(Cl)c(Cl)c1)CS(N)(=O)=O. The van der Waals surface area contributed by atoms with Crippen LogP contribution in [0.5, 0.6) is 5.75 Å². The van der Waals surface area contributed by atoms with Crippen molar-refractivity contribution in [3.05, 3.63) is 28.2 Å². The van der Waals surface area contributed by atoms with Gasteiger partial charge in [0.2, 0.25) is 10.0 Å². The van der Waals surface area contributed by atoms with E-state index in [-0.39, 0.29) is 23.7 Å². The van der Waals surface area contributed by atoms with Crippen molar-refractivity contribution in [3.8, 4) is 5.75 Å². The molecule has 0 aliphatic heterocycles. The lowest BCUT2D eigenvalue weighted by Crippen LogP contribution is -2.35. The number of nitrogens with two attached hydrogens (primary N) is 1. The fraction of sp³-hybridized carbons (Fsp3) is 0.538. The van der Waals surface area contributed by atoms with Crippen molar-refractivity contribution >= 4 is 33.2 Å². The molecule has 0 fully saturated rings. The van der Waals surface area contributed by atoms with Crippen molar-refractivity contribution in [2.24, 2.45) is 16.5 Å². The summed E-state index contributed by atoms with van der Waals surface area (Å²) in [6, 6.07) is 4.91. The van der Waals surface area contributed by atoms with Crippen molar-refractivity contribution in [2.45, 2.75) is 20.8 Å². The smallest absolute Gasteiger partial charge is 0.209 e. The van der Waals surface area contributed by atoms with E-state index in [0.29, 0.717) is 15.8 Å². The molecule has 1 rings (SSSR count). The van der Waals surface area contributed by atoms with Gasteiger partial charge < -0.3 is 4.74 Å². The van der Waals surface area contributed by atoms with Crippen LogP contribution < -0.4 is 9.88 Å². The zero-order valence-corrected chi connectivity index (χ0v) is 14.0. The fourth-order valence-corrected chi connectivity index (χ4v) is 3.04. The van der Waals surface area contributed by atoms with Gasteiger partial charge in [-0.05, 0) is 17.5 Å². The summed E-state index contributed by atoms with van der Waals surface area (Å²) in [7, 11) is -3.55. The minimum atomic E-state index is -3.55. The van der Waals surface area contributed by atoms with Gasteiger partial charge in [-0.3, -0.25) is 0 Å². The van der Waals surface area contributed by atoms with Gasteiger partial charge in [0.1, 0.15) is 5.75 Å². The van der Waals surface area contributed by atoms with Gasteiger partial charge in [0.15, 0.2) is 0 Å². The van der Waals surface area contributed by atoms with Crippen LogP contribution in [0, 0.1) is 11.3 Å². The Labute approximate surface area is 130 Å². The normalized spacial score (nSPS) is 14.1. The van der Waals surface area contributed by atoms with Crippen molar-refractivity contribution in [1.82, 2.24) is 0 Å². The summed E-state index contributed by atoms with van der Waals surface area (Å²) in [4.78, 5) is 0. The maximum Gasteiger partial charge on any atom is 0.209 e. The first-order valence-corrected chi connectivity index (χ1v) is 8.54. The highest BCUT2D eigenvalue weighted by Crippen LogP contribution is 2.30. The minimum absolute atomic E-state index is 0.127. The third-order valence-corrected chi connectivity index (χ3v) is 4.61. The number of benzene rings is 1. The van der Waals surface area contributed by atoms with Gasteiger partial charge in [0, 0.05) is 12.0 Å². The van der Waals surface area contributed by atoms with Crippen molar-refractivity contribution in [3.63, 3.8) is 0 Å². The number of rotatable bonds is 5. The predicted molar refractivity (Wildman–Crippen MR) is 82.9 cm³/mol. The number of halogens is 2. The lowest BCUT2D eigenvalue weighted by Gasteiger charge is -2.29. The molecule has 1 aromatic rings. The van der Waals surface area contributed by atoms with E-state index in [9.17, 15) is 8.42 Å². The van der Waals surface area contributed by atoms with Gasteiger partial charge in [-0.15, -0.1) is 0 Å². The van der Waals surface area contributed by atoms with Crippen LogP contribution >= 0.6 is 23.2 Å². The van der Waals surface area contributed by atoms with Crippen LogP contribution in [-0.2, 0) is 10.0 Å². The van der Waals surface area contributed by atoms with E-state index in [1.807, 2.05) is 20.8 Å². The highest BCUT2D eigenvalue weighted by atomic mass is 35.5. The number of hydrogen-bond donors (Lipinski definition) is 1. The predicted octanol–water partition coefficient (Wildman–Crippen LogP) is 3.32. The second-order valence-corrected chi connectivity index (χ2v) is 8.25. The average Bonchev–Trinajstić information content (AvgIpc) is 2.26. The van der Waals surface area contributed by atoms with Crippen LogP contribution in [0.1, 0.15) is 20.8 Å². The fourth-order valence-electron chi connectivity index (χ4n) is 1.59. The second kappa shape index (κ2) is 6.52. The Hall–Kier alpha value is -0.490. The highest BCUT2D eigenvalue weighted by molar-refractivity contribution is 7.89. The van der Waals surface area contributed by atoms with Gasteiger partial charge in [0.05, 0.1) is 22.4 Å². The molecule has 1 atom stereocenters. The van der Waals surface area contributed by atoms with E-state index in [0.717, 1.165) is 0 Å². The van der Waals surface area contributed by atoms with Gasteiger partial charge in [-0.25, -0.2) is 13.6 Å². The molecule has 1 unspecified atom stereocenters. The largest absolute Gasteiger partial charge is 0.493 e. The molecule has 0 radical (unpaired) electrons. The molecule has 1 aromatic carbocycles. The van der Waals surface area contributed by atoms with Crippen LogP contribution in [0.2, 0.25) is 10.0 Å². The Morgan fingerprint density at radius 1 is 1.25 bits per heavy atom. The topological polar surface area (TPSA) is 69.4 Å². The summed E-state index contributed by atoms with van der Waals surface area (Å²) in [6.45, 7) is 6.07. The summed E-state index contributed by atoms with van der Waals surface area (Å²) in [5, 5.41) is 5.96. The zero-order valence-electron chi connectivity index (χ0n) is 11.7. The molecule has 0 saturated carbocycles. The summed E-state index contributed by atoms with van der Waals surface area (Å²) < 4.78 is 28.2. The van der Waals surface area contributed by atoms with Gasteiger partial charge in [-0.2, -0.15) is 0 Å². The number of sulfonamides is 1. The second-order valence-electron chi connectivity index (χ2n) is 5.78. The molecule has 0 aliphatic carbocycles. The monoisotopic (exact) mass is 339 g/mol. The Balaban J connectivity index is 2.78. The van der Waals surface area contributed by atoms with Crippen molar-refractivity contribution < 1.29 is 13.2 Å². The van der Waals surface area contributed by atoms with Crippen LogP contribution in [0.25, 0.3) is 0 Å². The third kappa shape index (κ3) is 5.87. The third-order valence-electron chi connectivity index (χ3n) is 3.00. The summed E-state index contributed by atoms with van der Waals surface area (Å²) in [5.74, 6) is 0.188. The summed E-state index contributed by atoms with van der Waals surface area (Å²) in [6.07, 6.45) is 0.